The van der Waals surface area contributed by atoms with Crippen LogP contribution in [-0.4, -0.2) is 29.5 Å². The molecule has 0 unspecified atom stereocenters. The van der Waals surface area contributed by atoms with Gasteiger partial charge in [0.05, 0.1) is 17.6 Å². The van der Waals surface area contributed by atoms with E-state index in [0.29, 0.717) is 11.9 Å². The summed E-state index contributed by atoms with van der Waals surface area (Å²) in [4.78, 5) is 18.5. The van der Waals surface area contributed by atoms with Crippen molar-refractivity contribution in [3.8, 4) is 0 Å². The zero-order valence-corrected chi connectivity index (χ0v) is 16.5. The Morgan fingerprint density at radius 1 is 1.03 bits per heavy atom. The van der Waals surface area contributed by atoms with Crippen LogP contribution < -0.4 is 5.32 Å². The van der Waals surface area contributed by atoms with Gasteiger partial charge in [-0.2, -0.15) is 5.10 Å². The van der Waals surface area contributed by atoms with Gasteiger partial charge in [0.25, 0.3) is 0 Å². The van der Waals surface area contributed by atoms with Gasteiger partial charge in [0.2, 0.25) is 5.95 Å². The van der Waals surface area contributed by atoms with E-state index in [9.17, 15) is 0 Å². The standard InChI is InChI=1S/C23H21N7/c1-2-4-20-19(13-25-23(29-20)27-16-7-10-24-11-8-16)17(3-1)21-9-12-30-22(28-21)18(14-26-30)15-5-6-15/h3,7-15H,1-2,4-6H2,(H,24,25,27,29). The van der Waals surface area contributed by atoms with Crippen LogP contribution in [-0.2, 0) is 6.42 Å². The third-order valence-corrected chi connectivity index (χ3v) is 5.75. The third-order valence-electron chi connectivity index (χ3n) is 5.75. The van der Waals surface area contributed by atoms with Gasteiger partial charge in [-0.1, -0.05) is 6.08 Å². The molecule has 0 spiro atoms. The van der Waals surface area contributed by atoms with Gasteiger partial charge in [0, 0.05) is 47.2 Å². The number of aryl methyl sites for hydroxylation is 1. The SMILES string of the molecule is C1=C(c2ccn3ncc(C4CC4)c3n2)c2cnc(Nc3ccncc3)nc2CCC1. The second-order valence-corrected chi connectivity index (χ2v) is 7.88. The molecular formula is C23H21N7. The molecule has 0 aliphatic heterocycles. The quantitative estimate of drug-likeness (QED) is 0.555. The molecule has 0 amide bonds. The first-order valence-electron chi connectivity index (χ1n) is 10.4. The van der Waals surface area contributed by atoms with Crippen molar-refractivity contribution >= 4 is 22.9 Å². The highest BCUT2D eigenvalue weighted by molar-refractivity contribution is 5.80. The Bertz CT molecular complexity index is 1260. The molecule has 0 saturated heterocycles. The lowest BCUT2D eigenvalue weighted by molar-refractivity contribution is 0.822. The van der Waals surface area contributed by atoms with Crippen molar-refractivity contribution in [2.24, 2.45) is 0 Å². The van der Waals surface area contributed by atoms with Crippen molar-refractivity contribution in [2.45, 2.75) is 38.0 Å². The van der Waals surface area contributed by atoms with Gasteiger partial charge in [-0.3, -0.25) is 4.98 Å². The predicted molar refractivity (Wildman–Crippen MR) is 115 cm³/mol. The number of nitrogens with one attached hydrogen (secondary N) is 1. The molecule has 0 bridgehead atoms. The summed E-state index contributed by atoms with van der Waals surface area (Å²) in [5.41, 5.74) is 7.36. The van der Waals surface area contributed by atoms with Gasteiger partial charge < -0.3 is 5.32 Å². The molecular weight excluding hydrogens is 374 g/mol. The fourth-order valence-corrected chi connectivity index (χ4v) is 4.04. The Kier molecular flexibility index (Phi) is 4.04. The van der Waals surface area contributed by atoms with E-state index >= 15 is 0 Å². The fraction of sp³-hybridized carbons (Fsp3) is 0.261. The minimum absolute atomic E-state index is 0.608. The molecule has 1 fully saturated rings. The Labute approximate surface area is 173 Å². The number of hydrogen-bond acceptors (Lipinski definition) is 6. The molecule has 0 atom stereocenters. The van der Waals surface area contributed by atoms with Crippen molar-refractivity contribution in [3.63, 3.8) is 0 Å². The van der Waals surface area contributed by atoms with E-state index in [0.717, 1.165) is 53.1 Å². The first kappa shape index (κ1) is 17.3. The largest absolute Gasteiger partial charge is 0.324 e. The average molecular weight is 395 g/mol. The van der Waals surface area contributed by atoms with E-state index in [2.05, 4.69) is 26.5 Å². The van der Waals surface area contributed by atoms with Crippen LogP contribution in [0.3, 0.4) is 0 Å². The number of anilines is 2. The van der Waals surface area contributed by atoms with Gasteiger partial charge in [-0.15, -0.1) is 0 Å². The van der Waals surface area contributed by atoms with Crippen LogP contribution in [0.2, 0.25) is 0 Å². The number of allylic oxidation sites excluding steroid dienone is 1. The van der Waals surface area contributed by atoms with Crippen molar-refractivity contribution < 1.29 is 0 Å². The molecule has 4 aromatic heterocycles. The summed E-state index contributed by atoms with van der Waals surface area (Å²) in [6.07, 6.45) is 17.1. The summed E-state index contributed by atoms with van der Waals surface area (Å²) in [6, 6.07) is 5.85. The minimum atomic E-state index is 0.608. The van der Waals surface area contributed by atoms with Crippen LogP contribution in [0.25, 0.3) is 11.2 Å². The number of fused-ring (bicyclic) bond motifs is 2. The number of pyridine rings is 1. The summed E-state index contributed by atoms with van der Waals surface area (Å²) in [6.45, 7) is 0. The van der Waals surface area contributed by atoms with Crippen LogP contribution in [0.15, 0.2) is 55.3 Å². The lowest BCUT2D eigenvalue weighted by Gasteiger charge is -2.12. The maximum absolute atomic E-state index is 5.00. The van der Waals surface area contributed by atoms with Crippen molar-refractivity contribution in [3.05, 3.63) is 77.8 Å². The minimum Gasteiger partial charge on any atom is -0.324 e. The van der Waals surface area contributed by atoms with E-state index < -0.39 is 0 Å². The Morgan fingerprint density at radius 3 is 2.80 bits per heavy atom. The van der Waals surface area contributed by atoms with Crippen LogP contribution in [0.5, 0.6) is 0 Å². The molecule has 2 aliphatic rings. The van der Waals surface area contributed by atoms with Gasteiger partial charge in [0.1, 0.15) is 0 Å². The first-order chi connectivity index (χ1) is 14.8. The maximum Gasteiger partial charge on any atom is 0.227 e. The zero-order chi connectivity index (χ0) is 19.9. The van der Waals surface area contributed by atoms with Crippen molar-refractivity contribution in [2.75, 3.05) is 5.32 Å². The van der Waals surface area contributed by atoms with E-state index in [-0.39, 0.29) is 0 Å². The van der Waals surface area contributed by atoms with Crippen LogP contribution in [0.1, 0.15) is 54.1 Å². The number of nitrogens with zero attached hydrogens (tertiary/aromatic N) is 6. The summed E-state index contributed by atoms with van der Waals surface area (Å²) < 4.78 is 1.88. The molecule has 1 saturated carbocycles. The summed E-state index contributed by atoms with van der Waals surface area (Å²) in [7, 11) is 0. The molecule has 0 radical (unpaired) electrons. The Hall–Kier alpha value is -3.61. The van der Waals surface area contributed by atoms with Crippen LogP contribution >= 0.6 is 0 Å². The summed E-state index contributed by atoms with van der Waals surface area (Å²) in [5.74, 6) is 1.22. The van der Waals surface area contributed by atoms with Gasteiger partial charge in [-0.05, 0) is 56.2 Å². The maximum atomic E-state index is 5.00. The Balaban J connectivity index is 1.38. The molecule has 0 aromatic carbocycles. The molecule has 4 heterocycles. The highest BCUT2D eigenvalue weighted by Gasteiger charge is 2.28. The highest BCUT2D eigenvalue weighted by atomic mass is 15.2. The van der Waals surface area contributed by atoms with E-state index in [1.165, 1.54) is 18.4 Å². The molecule has 6 rings (SSSR count). The monoisotopic (exact) mass is 395 g/mol. The van der Waals surface area contributed by atoms with Crippen LogP contribution in [0, 0.1) is 0 Å². The molecule has 7 nitrogen and oxygen atoms in total. The highest BCUT2D eigenvalue weighted by Crippen LogP contribution is 2.41. The summed E-state index contributed by atoms with van der Waals surface area (Å²) >= 11 is 0. The second kappa shape index (κ2) is 7.02. The van der Waals surface area contributed by atoms with Crippen LogP contribution in [0.4, 0.5) is 11.6 Å². The smallest absolute Gasteiger partial charge is 0.227 e. The lowest BCUT2D eigenvalue weighted by atomic mass is 10.0. The molecule has 2 aliphatic carbocycles. The fourth-order valence-electron chi connectivity index (χ4n) is 4.04. The van der Waals surface area contributed by atoms with E-state index in [4.69, 9.17) is 9.97 Å². The van der Waals surface area contributed by atoms with Gasteiger partial charge in [-0.25, -0.2) is 19.5 Å². The average Bonchev–Trinajstić information content (AvgIpc) is 3.57. The predicted octanol–water partition coefficient (Wildman–Crippen LogP) is 4.30. The van der Waals surface area contributed by atoms with Crippen molar-refractivity contribution in [1.82, 2.24) is 29.5 Å². The lowest BCUT2D eigenvalue weighted by Crippen LogP contribution is -2.05. The second-order valence-electron chi connectivity index (χ2n) is 7.88. The number of aromatic nitrogens is 6. The van der Waals surface area contributed by atoms with Crippen molar-refractivity contribution in [1.29, 1.82) is 0 Å². The third kappa shape index (κ3) is 3.12. The first-order valence-corrected chi connectivity index (χ1v) is 10.4. The number of rotatable bonds is 4. The molecule has 1 N–H and O–H groups in total. The molecule has 7 heteroatoms. The Morgan fingerprint density at radius 2 is 1.93 bits per heavy atom. The number of hydrogen-bond donors (Lipinski definition) is 1. The normalized spacial score (nSPS) is 16.1. The van der Waals surface area contributed by atoms with Gasteiger partial charge >= 0.3 is 0 Å². The molecule has 30 heavy (non-hydrogen) atoms. The van der Waals surface area contributed by atoms with E-state index in [1.54, 1.807) is 12.4 Å². The topological polar surface area (TPSA) is 80.9 Å². The summed E-state index contributed by atoms with van der Waals surface area (Å²) in [5, 5.41) is 7.75. The van der Waals surface area contributed by atoms with Gasteiger partial charge in [0.15, 0.2) is 5.65 Å². The zero-order valence-electron chi connectivity index (χ0n) is 16.5. The molecule has 4 aromatic rings. The molecule has 148 valence electrons. The van der Waals surface area contributed by atoms with E-state index in [1.807, 2.05) is 41.3 Å².